The minimum absolute atomic E-state index is 0.00341. The third kappa shape index (κ3) is 3.32. The van der Waals surface area contributed by atoms with E-state index in [4.69, 9.17) is 10.7 Å². The fraction of sp³-hybridized carbons (Fsp3) is 0.458. The summed E-state index contributed by atoms with van der Waals surface area (Å²) in [5, 5.41) is 17.1. The number of nitrogens with one attached hydrogen (secondary N) is 1. The predicted molar refractivity (Wildman–Crippen MR) is 125 cm³/mol. The Morgan fingerprint density at radius 2 is 1.94 bits per heavy atom. The number of ketones is 1. The van der Waals surface area contributed by atoms with Gasteiger partial charge >= 0.3 is 0 Å². The van der Waals surface area contributed by atoms with E-state index in [-0.39, 0.29) is 35.5 Å². The molecule has 10 nitrogen and oxygen atoms in total. The number of nitrogens with two attached hydrogens (primary N) is 1. The van der Waals surface area contributed by atoms with Gasteiger partial charge in [0.05, 0.1) is 17.5 Å². The van der Waals surface area contributed by atoms with Crippen molar-refractivity contribution in [3.8, 4) is 11.1 Å². The van der Waals surface area contributed by atoms with Crippen molar-refractivity contribution in [3.05, 3.63) is 35.8 Å². The molecule has 3 aromatic rings. The molecule has 3 atom stereocenters. The third-order valence-electron chi connectivity index (χ3n) is 7.32. The first-order valence-electron chi connectivity index (χ1n) is 11.8. The van der Waals surface area contributed by atoms with E-state index in [1.54, 1.807) is 17.3 Å². The summed E-state index contributed by atoms with van der Waals surface area (Å²) < 4.78 is 1.52. The lowest BCUT2D eigenvalue weighted by Crippen LogP contribution is -2.63. The van der Waals surface area contributed by atoms with Crippen molar-refractivity contribution in [1.29, 1.82) is 0 Å². The van der Waals surface area contributed by atoms with Gasteiger partial charge in [0.1, 0.15) is 18.2 Å². The van der Waals surface area contributed by atoms with Crippen molar-refractivity contribution in [3.63, 3.8) is 0 Å². The lowest BCUT2D eigenvalue weighted by Gasteiger charge is -2.55. The number of aromatic nitrogens is 4. The molecule has 3 aromatic heterocycles. The van der Waals surface area contributed by atoms with Crippen molar-refractivity contribution in [1.82, 2.24) is 24.5 Å². The van der Waals surface area contributed by atoms with Gasteiger partial charge in [0.15, 0.2) is 11.4 Å². The number of carbonyl (C=O) groups excluding carboxylic acids is 2. The minimum atomic E-state index is -0.476. The Hall–Kier alpha value is -3.53. The van der Waals surface area contributed by atoms with Gasteiger partial charge in [-0.1, -0.05) is 0 Å². The maximum absolute atomic E-state index is 12.6. The second kappa shape index (κ2) is 7.76. The molecule has 4 aliphatic rings. The van der Waals surface area contributed by atoms with Gasteiger partial charge in [-0.15, -0.1) is 0 Å². The predicted octanol–water partition coefficient (Wildman–Crippen LogP) is 1.99. The molecule has 7 rings (SSSR count). The fourth-order valence-corrected chi connectivity index (χ4v) is 5.55. The zero-order valence-electron chi connectivity index (χ0n) is 18.9. The van der Waals surface area contributed by atoms with E-state index in [1.807, 2.05) is 12.1 Å². The minimum Gasteiger partial charge on any atom is -0.387 e. The zero-order chi connectivity index (χ0) is 23.6. The maximum atomic E-state index is 12.6. The highest BCUT2D eigenvalue weighted by molar-refractivity contribution is 6.00. The third-order valence-corrected chi connectivity index (χ3v) is 7.32. The van der Waals surface area contributed by atoms with Crippen LogP contribution in [0.15, 0.2) is 24.5 Å². The number of rotatable bonds is 6. The number of nitrogen functional groups attached to an aromatic ring is 1. The van der Waals surface area contributed by atoms with Crippen LogP contribution < -0.4 is 11.1 Å². The van der Waals surface area contributed by atoms with Crippen molar-refractivity contribution in [2.24, 2.45) is 0 Å². The van der Waals surface area contributed by atoms with Crippen molar-refractivity contribution in [2.75, 3.05) is 17.7 Å². The molecule has 0 radical (unpaired) electrons. The Morgan fingerprint density at radius 1 is 1.18 bits per heavy atom. The molecule has 0 unspecified atom stereocenters. The van der Waals surface area contributed by atoms with Crippen LogP contribution in [0.2, 0.25) is 0 Å². The molecule has 0 aromatic carbocycles. The largest absolute Gasteiger partial charge is 0.387 e. The van der Waals surface area contributed by atoms with Crippen molar-refractivity contribution < 1.29 is 14.7 Å². The summed E-state index contributed by atoms with van der Waals surface area (Å²) in [6, 6.07) is 4.58. The highest BCUT2D eigenvalue weighted by Gasteiger charge is 2.48. The summed E-state index contributed by atoms with van der Waals surface area (Å²) in [5.74, 6) is 0.737. The molecule has 34 heavy (non-hydrogen) atoms. The van der Waals surface area contributed by atoms with Crippen LogP contribution in [0, 0.1) is 0 Å². The number of amides is 1. The molecular weight excluding hydrogens is 434 g/mol. The number of nitrogens with zero attached hydrogens (tertiary/aromatic N) is 5. The van der Waals surface area contributed by atoms with Gasteiger partial charge in [0.25, 0.3) is 0 Å². The second-order valence-electron chi connectivity index (χ2n) is 9.63. The standard InChI is InChI=1S/C24H27N7O3/c1-12(33)21-22(14-6-16-8-17(7-14)30(16)20(34)11-32)29-24-18(10-27-31(24)23(21)25)13-2-5-19(26-9-13)28-15-3-4-15/h2,5,9-10,14-17,32H,3-4,6-8,11,25H2,1H3,(H,26,28)/t14-,16+,17-. The Balaban J connectivity index is 1.38. The first-order chi connectivity index (χ1) is 16.4. The fourth-order valence-electron chi connectivity index (χ4n) is 5.55. The van der Waals surface area contributed by atoms with Crippen LogP contribution in [-0.4, -0.2) is 66.0 Å². The van der Waals surface area contributed by atoms with E-state index < -0.39 is 6.61 Å². The van der Waals surface area contributed by atoms with Crippen LogP contribution in [-0.2, 0) is 4.79 Å². The number of carbonyl (C=O) groups is 2. The van der Waals surface area contributed by atoms with Gasteiger partial charge in [-0.05, 0) is 51.2 Å². The van der Waals surface area contributed by atoms with E-state index >= 15 is 0 Å². The molecule has 2 aliphatic carbocycles. The number of hydrogen-bond acceptors (Lipinski definition) is 8. The topological polar surface area (TPSA) is 139 Å². The Kier molecular flexibility index (Phi) is 4.80. The summed E-state index contributed by atoms with van der Waals surface area (Å²) in [7, 11) is 0. The van der Waals surface area contributed by atoms with Crippen molar-refractivity contribution >= 4 is 29.0 Å². The number of aliphatic hydroxyl groups is 1. The SMILES string of the molecule is CC(=O)c1c([C@H]2C[C@@H]3C[C@H](C2)N3C(=O)CO)nc2c(-c3ccc(NC4CC4)nc3)cnn2c1N. The number of fused-ring (bicyclic) bond motifs is 3. The normalized spacial score (nSPS) is 23.6. The van der Waals surface area contributed by atoms with Crippen molar-refractivity contribution in [2.45, 2.75) is 63.1 Å². The summed E-state index contributed by atoms with van der Waals surface area (Å²) in [6.07, 6.45) is 8.16. The van der Waals surface area contributed by atoms with Gasteiger partial charge in [-0.2, -0.15) is 9.61 Å². The Bertz CT molecular complexity index is 1290. The molecule has 1 amide bonds. The number of hydrogen-bond donors (Lipinski definition) is 3. The second-order valence-corrected chi connectivity index (χ2v) is 9.63. The van der Waals surface area contributed by atoms with E-state index in [9.17, 15) is 14.7 Å². The Morgan fingerprint density at radius 3 is 2.56 bits per heavy atom. The lowest BCUT2D eigenvalue weighted by atomic mass is 9.71. The highest BCUT2D eigenvalue weighted by atomic mass is 16.3. The van der Waals surface area contributed by atoms with Crippen LogP contribution in [0.4, 0.5) is 11.6 Å². The molecule has 4 fully saturated rings. The zero-order valence-corrected chi connectivity index (χ0v) is 18.9. The van der Waals surface area contributed by atoms with E-state index in [2.05, 4.69) is 15.4 Å². The van der Waals surface area contributed by atoms with Gasteiger partial charge < -0.3 is 21.1 Å². The molecule has 0 spiro atoms. The summed E-state index contributed by atoms with van der Waals surface area (Å²) in [5.41, 5.74) is 9.79. The number of Topliss-reactive ketones (excluding diaryl/α,β-unsaturated/α-hetero) is 1. The lowest BCUT2D eigenvalue weighted by molar-refractivity contribution is -0.153. The molecule has 176 valence electrons. The number of anilines is 2. The van der Waals surface area contributed by atoms with Crippen LogP contribution in [0.25, 0.3) is 16.8 Å². The summed E-state index contributed by atoms with van der Waals surface area (Å²) >= 11 is 0. The average molecular weight is 462 g/mol. The number of piperidine rings is 1. The molecular formula is C24H27N7O3. The van der Waals surface area contributed by atoms with E-state index in [0.29, 0.717) is 35.8 Å². The molecule has 10 heteroatoms. The number of pyridine rings is 1. The average Bonchev–Trinajstić information content (AvgIpc) is 3.54. The van der Waals surface area contributed by atoms with Crippen LogP contribution in [0.3, 0.4) is 0 Å². The molecule has 2 bridgehead atoms. The van der Waals surface area contributed by atoms with Crippen LogP contribution in [0.1, 0.15) is 61.0 Å². The molecule has 2 aliphatic heterocycles. The molecule has 4 N–H and O–H groups in total. The van der Waals surface area contributed by atoms with E-state index in [0.717, 1.165) is 23.4 Å². The molecule has 5 heterocycles. The van der Waals surface area contributed by atoms with Crippen LogP contribution >= 0.6 is 0 Å². The first kappa shape index (κ1) is 21.0. The smallest absolute Gasteiger partial charge is 0.248 e. The van der Waals surface area contributed by atoms with Gasteiger partial charge in [-0.25, -0.2) is 9.97 Å². The van der Waals surface area contributed by atoms with Crippen LogP contribution in [0.5, 0.6) is 0 Å². The van der Waals surface area contributed by atoms with E-state index in [1.165, 1.54) is 24.3 Å². The summed E-state index contributed by atoms with van der Waals surface area (Å²) in [6.45, 7) is 1.02. The first-order valence-corrected chi connectivity index (χ1v) is 11.8. The molecule has 2 saturated heterocycles. The van der Waals surface area contributed by atoms with Gasteiger partial charge in [-0.3, -0.25) is 9.59 Å². The Labute approximate surface area is 196 Å². The number of aliphatic hydroxyl groups excluding tert-OH is 1. The van der Waals surface area contributed by atoms with Gasteiger partial charge in [0, 0.05) is 41.4 Å². The quantitative estimate of drug-likeness (QED) is 0.474. The molecule has 2 saturated carbocycles. The monoisotopic (exact) mass is 461 g/mol. The van der Waals surface area contributed by atoms with Gasteiger partial charge in [0.2, 0.25) is 5.91 Å². The highest BCUT2D eigenvalue weighted by Crippen LogP contribution is 2.46. The maximum Gasteiger partial charge on any atom is 0.248 e. The summed E-state index contributed by atoms with van der Waals surface area (Å²) in [4.78, 5) is 35.9.